The predicted molar refractivity (Wildman–Crippen MR) is 140 cm³/mol. The Morgan fingerprint density at radius 2 is 1.83 bits per heavy atom. The van der Waals surface area contributed by atoms with Gasteiger partial charge in [0.15, 0.2) is 0 Å². The summed E-state index contributed by atoms with van der Waals surface area (Å²) in [5.41, 5.74) is 3.59. The number of aryl methyl sites for hydroxylation is 1. The molecule has 0 fully saturated rings. The summed E-state index contributed by atoms with van der Waals surface area (Å²) < 4.78 is 5.48. The normalized spacial score (nSPS) is 13.9. The molecule has 1 amide bonds. The minimum absolute atomic E-state index is 0.424. The Hall–Kier alpha value is -2.90. The Bertz CT molecular complexity index is 1090. The molecule has 7 nitrogen and oxygen atoms in total. The molecule has 3 aromatic rings. The molecule has 2 aromatic carbocycles. The van der Waals surface area contributed by atoms with Crippen LogP contribution in [0.15, 0.2) is 48.5 Å². The SMILES string of the molecule is Cc1[nH]nc2ccc(CN(CC(C)C)C[C@@H](O)[C@H](Cc3ccccc3)NC(=O)OC(C)(C)C)cc12. The highest BCUT2D eigenvalue weighted by Crippen LogP contribution is 2.19. The fourth-order valence-electron chi connectivity index (χ4n) is 4.26. The van der Waals surface area contributed by atoms with Gasteiger partial charge in [-0.2, -0.15) is 5.10 Å². The van der Waals surface area contributed by atoms with E-state index in [0.717, 1.165) is 34.3 Å². The summed E-state index contributed by atoms with van der Waals surface area (Å²) in [6.45, 7) is 13.8. The largest absolute Gasteiger partial charge is 0.444 e. The third kappa shape index (κ3) is 8.37. The maximum atomic E-state index is 12.6. The maximum absolute atomic E-state index is 12.6. The number of carbonyl (C=O) groups excluding carboxylic acids is 1. The molecule has 0 unspecified atom stereocenters. The molecule has 0 spiro atoms. The van der Waals surface area contributed by atoms with E-state index in [4.69, 9.17) is 4.74 Å². The summed E-state index contributed by atoms with van der Waals surface area (Å²) in [7, 11) is 0. The van der Waals surface area contributed by atoms with Crippen LogP contribution in [-0.4, -0.2) is 57.1 Å². The second-order valence-corrected chi connectivity index (χ2v) is 10.8. The van der Waals surface area contributed by atoms with Crippen LogP contribution in [0.4, 0.5) is 4.79 Å². The van der Waals surface area contributed by atoms with Crippen LogP contribution in [0.1, 0.15) is 51.4 Å². The molecule has 0 bridgehead atoms. The number of amides is 1. The standard InChI is InChI=1S/C28H40N4O3/c1-19(2)16-32(17-22-12-13-24-23(14-22)20(3)30-31-24)18-26(33)25(15-21-10-8-7-9-11-21)29-27(34)35-28(4,5)6/h7-14,19,25-26,33H,15-18H2,1-6H3,(H,29,34)(H,30,31)/t25-,26+/m0/s1. The van der Waals surface area contributed by atoms with E-state index in [1.165, 1.54) is 0 Å². The van der Waals surface area contributed by atoms with E-state index in [0.29, 0.717) is 25.4 Å². The molecule has 7 heteroatoms. The first-order chi connectivity index (χ1) is 16.5. The molecule has 0 radical (unpaired) electrons. The van der Waals surface area contributed by atoms with Crippen molar-refractivity contribution in [2.24, 2.45) is 5.92 Å². The van der Waals surface area contributed by atoms with Crippen molar-refractivity contribution < 1.29 is 14.6 Å². The zero-order valence-electron chi connectivity index (χ0n) is 21.8. The number of aliphatic hydroxyl groups is 1. The lowest BCUT2D eigenvalue weighted by Gasteiger charge is -2.32. The van der Waals surface area contributed by atoms with Gasteiger partial charge in [0.1, 0.15) is 5.60 Å². The van der Waals surface area contributed by atoms with E-state index in [9.17, 15) is 9.90 Å². The number of carbonyl (C=O) groups is 1. The van der Waals surface area contributed by atoms with Gasteiger partial charge in [0.05, 0.1) is 17.7 Å². The fraction of sp³-hybridized carbons (Fsp3) is 0.500. The zero-order valence-corrected chi connectivity index (χ0v) is 21.8. The number of alkyl carbamates (subject to hydrolysis) is 1. The number of hydrogen-bond donors (Lipinski definition) is 3. The van der Waals surface area contributed by atoms with Crippen molar-refractivity contribution in [3.05, 3.63) is 65.4 Å². The minimum Gasteiger partial charge on any atom is -0.444 e. The molecule has 0 aliphatic heterocycles. The monoisotopic (exact) mass is 480 g/mol. The Morgan fingerprint density at radius 1 is 1.11 bits per heavy atom. The molecule has 0 saturated carbocycles. The van der Waals surface area contributed by atoms with Crippen molar-refractivity contribution in [1.82, 2.24) is 20.4 Å². The van der Waals surface area contributed by atoms with E-state index in [2.05, 4.69) is 46.4 Å². The Morgan fingerprint density at radius 3 is 2.49 bits per heavy atom. The van der Waals surface area contributed by atoms with E-state index in [1.54, 1.807) is 0 Å². The molecular weight excluding hydrogens is 440 g/mol. The number of rotatable bonds is 10. The lowest BCUT2D eigenvalue weighted by molar-refractivity contribution is 0.0348. The molecule has 35 heavy (non-hydrogen) atoms. The van der Waals surface area contributed by atoms with Gasteiger partial charge in [-0.3, -0.25) is 10.00 Å². The van der Waals surface area contributed by atoms with Crippen molar-refractivity contribution in [3.8, 4) is 0 Å². The van der Waals surface area contributed by atoms with Crippen molar-refractivity contribution in [2.45, 2.75) is 72.3 Å². The van der Waals surface area contributed by atoms with Gasteiger partial charge in [0, 0.05) is 30.7 Å². The van der Waals surface area contributed by atoms with E-state index < -0.39 is 23.8 Å². The number of aromatic amines is 1. The summed E-state index contributed by atoms with van der Waals surface area (Å²) in [6, 6.07) is 15.7. The van der Waals surface area contributed by atoms with Crippen LogP contribution < -0.4 is 5.32 Å². The second kappa shape index (κ2) is 11.7. The highest BCUT2D eigenvalue weighted by molar-refractivity contribution is 5.81. The molecule has 3 N–H and O–H groups in total. The number of benzene rings is 2. The number of aromatic nitrogens is 2. The number of nitrogens with one attached hydrogen (secondary N) is 2. The number of ether oxygens (including phenoxy) is 1. The van der Waals surface area contributed by atoms with Gasteiger partial charge in [-0.05, 0) is 63.3 Å². The maximum Gasteiger partial charge on any atom is 0.407 e. The van der Waals surface area contributed by atoms with Gasteiger partial charge < -0.3 is 15.2 Å². The van der Waals surface area contributed by atoms with Crippen molar-refractivity contribution in [2.75, 3.05) is 13.1 Å². The summed E-state index contributed by atoms with van der Waals surface area (Å²) in [5, 5.41) is 22.7. The van der Waals surface area contributed by atoms with Crippen LogP contribution in [0.2, 0.25) is 0 Å². The molecular formula is C28H40N4O3. The molecule has 1 heterocycles. The van der Waals surface area contributed by atoms with Gasteiger partial charge in [-0.1, -0.05) is 50.2 Å². The van der Waals surface area contributed by atoms with Gasteiger partial charge in [0.2, 0.25) is 0 Å². The topological polar surface area (TPSA) is 90.5 Å². The van der Waals surface area contributed by atoms with Gasteiger partial charge in [0.25, 0.3) is 0 Å². The van der Waals surface area contributed by atoms with Gasteiger partial charge in [-0.15, -0.1) is 0 Å². The molecule has 2 atom stereocenters. The highest BCUT2D eigenvalue weighted by Gasteiger charge is 2.27. The highest BCUT2D eigenvalue weighted by atomic mass is 16.6. The second-order valence-electron chi connectivity index (χ2n) is 10.8. The van der Waals surface area contributed by atoms with Gasteiger partial charge in [-0.25, -0.2) is 4.79 Å². The van der Waals surface area contributed by atoms with Crippen molar-refractivity contribution >= 4 is 17.0 Å². The number of aliphatic hydroxyl groups excluding tert-OH is 1. The average Bonchev–Trinajstić information content (AvgIpc) is 3.12. The molecule has 1 aromatic heterocycles. The van der Waals surface area contributed by atoms with Crippen LogP contribution in [0.3, 0.4) is 0 Å². The quantitative estimate of drug-likeness (QED) is 0.387. The van der Waals surface area contributed by atoms with Gasteiger partial charge >= 0.3 is 6.09 Å². The smallest absolute Gasteiger partial charge is 0.407 e. The Kier molecular flexibility index (Phi) is 8.92. The molecule has 0 aliphatic carbocycles. The lowest BCUT2D eigenvalue weighted by atomic mass is 10.00. The van der Waals surface area contributed by atoms with Crippen LogP contribution in [0, 0.1) is 12.8 Å². The van der Waals surface area contributed by atoms with E-state index in [-0.39, 0.29) is 0 Å². The lowest BCUT2D eigenvalue weighted by Crippen LogP contribution is -2.50. The number of H-pyrrole nitrogens is 1. The first-order valence-electron chi connectivity index (χ1n) is 12.4. The molecule has 3 rings (SSSR count). The van der Waals surface area contributed by atoms with Crippen molar-refractivity contribution in [3.63, 3.8) is 0 Å². The van der Waals surface area contributed by atoms with Crippen molar-refractivity contribution in [1.29, 1.82) is 0 Å². The molecule has 190 valence electrons. The zero-order chi connectivity index (χ0) is 25.6. The van der Waals surface area contributed by atoms with Crippen LogP contribution in [-0.2, 0) is 17.7 Å². The predicted octanol–water partition coefficient (Wildman–Crippen LogP) is 4.83. The summed E-state index contributed by atoms with van der Waals surface area (Å²) in [6.07, 6.45) is -0.786. The first-order valence-corrected chi connectivity index (χ1v) is 12.4. The first kappa shape index (κ1) is 26.7. The summed E-state index contributed by atoms with van der Waals surface area (Å²) in [5.74, 6) is 0.424. The average molecular weight is 481 g/mol. The third-order valence-electron chi connectivity index (χ3n) is 5.75. The number of fused-ring (bicyclic) bond motifs is 1. The summed E-state index contributed by atoms with van der Waals surface area (Å²) >= 11 is 0. The van der Waals surface area contributed by atoms with Crippen LogP contribution in [0.5, 0.6) is 0 Å². The Balaban J connectivity index is 1.77. The minimum atomic E-state index is -0.777. The molecule has 0 aliphatic rings. The van der Waals surface area contributed by atoms with Crippen LogP contribution in [0.25, 0.3) is 10.9 Å². The van der Waals surface area contributed by atoms with Crippen LogP contribution >= 0.6 is 0 Å². The summed E-state index contributed by atoms with van der Waals surface area (Å²) in [4.78, 5) is 14.8. The van der Waals surface area contributed by atoms with E-state index in [1.807, 2.05) is 64.1 Å². The number of hydrogen-bond acceptors (Lipinski definition) is 5. The van der Waals surface area contributed by atoms with E-state index >= 15 is 0 Å². The number of nitrogens with zero attached hydrogens (tertiary/aromatic N) is 2. The third-order valence-corrected chi connectivity index (χ3v) is 5.75. The fourth-order valence-corrected chi connectivity index (χ4v) is 4.26. The molecule has 0 saturated heterocycles. The Labute approximate surface area is 208 Å².